The summed E-state index contributed by atoms with van der Waals surface area (Å²) in [6.45, 7) is 0. The second-order valence-corrected chi connectivity index (χ2v) is 6.09. The molecule has 2 aromatic carbocycles. The van der Waals surface area contributed by atoms with Crippen molar-refractivity contribution in [1.82, 2.24) is 15.1 Å². The highest BCUT2D eigenvalue weighted by Gasteiger charge is 2.28. The van der Waals surface area contributed by atoms with E-state index in [9.17, 15) is 9.18 Å². The van der Waals surface area contributed by atoms with E-state index in [4.69, 9.17) is 5.73 Å². The maximum absolute atomic E-state index is 13.2. The fourth-order valence-corrected chi connectivity index (χ4v) is 3.02. The zero-order valence-electron chi connectivity index (χ0n) is 13.2. The molecule has 0 aliphatic heterocycles. The molecule has 1 saturated carbocycles. The second kappa shape index (κ2) is 5.33. The first-order chi connectivity index (χ1) is 11.6. The lowest BCUT2D eigenvalue weighted by molar-refractivity contribution is 0.0957. The topological polar surface area (TPSA) is 72.9 Å². The number of nitrogens with two attached hydrogens (primary N) is 1. The van der Waals surface area contributed by atoms with E-state index in [1.54, 1.807) is 23.9 Å². The first-order valence-corrected chi connectivity index (χ1v) is 7.88. The van der Waals surface area contributed by atoms with E-state index in [2.05, 4.69) is 10.4 Å². The number of amides is 1. The Morgan fingerprint density at radius 3 is 2.62 bits per heavy atom. The molecule has 4 rings (SSSR count). The van der Waals surface area contributed by atoms with Crippen molar-refractivity contribution in [2.45, 2.75) is 18.8 Å². The Morgan fingerprint density at radius 1 is 1.29 bits per heavy atom. The predicted octanol–water partition coefficient (Wildman–Crippen LogP) is 2.98. The van der Waals surface area contributed by atoms with E-state index in [0.29, 0.717) is 28.5 Å². The van der Waals surface area contributed by atoms with E-state index in [1.165, 1.54) is 12.1 Å². The average molecular weight is 324 g/mol. The molecule has 5 nitrogen and oxygen atoms in total. The summed E-state index contributed by atoms with van der Waals surface area (Å²) in [6, 6.07) is 9.67. The van der Waals surface area contributed by atoms with Crippen LogP contribution < -0.4 is 11.1 Å². The lowest BCUT2D eigenvalue weighted by Crippen LogP contribution is -2.21. The highest BCUT2D eigenvalue weighted by molar-refractivity contribution is 6.06. The minimum atomic E-state index is -0.336. The molecule has 1 aliphatic rings. The number of nitrogens with zero attached hydrogens (tertiary/aromatic N) is 2. The fraction of sp³-hybridized carbons (Fsp3) is 0.222. The van der Waals surface area contributed by atoms with Gasteiger partial charge in [-0.1, -0.05) is 0 Å². The number of hydrogen-bond donors (Lipinski definition) is 2. The fourth-order valence-electron chi connectivity index (χ4n) is 3.02. The highest BCUT2D eigenvalue weighted by Crippen LogP contribution is 2.44. The number of nitrogens with one attached hydrogen (secondary N) is 1. The van der Waals surface area contributed by atoms with Crippen LogP contribution in [0, 0.1) is 5.82 Å². The molecule has 24 heavy (non-hydrogen) atoms. The van der Waals surface area contributed by atoms with Crippen molar-refractivity contribution < 1.29 is 9.18 Å². The zero-order chi connectivity index (χ0) is 16.8. The Hall–Kier alpha value is -2.89. The van der Waals surface area contributed by atoms with Crippen molar-refractivity contribution in [3.8, 4) is 5.69 Å². The van der Waals surface area contributed by atoms with E-state index in [0.717, 1.165) is 23.8 Å². The second-order valence-electron chi connectivity index (χ2n) is 6.09. The first kappa shape index (κ1) is 14.7. The van der Waals surface area contributed by atoms with E-state index in [-0.39, 0.29) is 11.7 Å². The summed E-state index contributed by atoms with van der Waals surface area (Å²) >= 11 is 0. The molecule has 0 unspecified atom stereocenters. The molecule has 1 fully saturated rings. The number of halogens is 1. The van der Waals surface area contributed by atoms with Crippen LogP contribution in [0.5, 0.6) is 0 Å². The molecule has 0 radical (unpaired) electrons. The smallest absolute Gasteiger partial charge is 0.270 e. The third-order valence-electron chi connectivity index (χ3n) is 4.41. The van der Waals surface area contributed by atoms with Crippen LogP contribution in [0.1, 0.15) is 34.8 Å². The third-order valence-corrected chi connectivity index (χ3v) is 4.41. The summed E-state index contributed by atoms with van der Waals surface area (Å²) in [4.78, 5) is 12.5. The van der Waals surface area contributed by atoms with Gasteiger partial charge in [0.2, 0.25) is 0 Å². The van der Waals surface area contributed by atoms with Gasteiger partial charge >= 0.3 is 0 Å². The van der Waals surface area contributed by atoms with E-state index >= 15 is 0 Å². The van der Waals surface area contributed by atoms with Gasteiger partial charge in [-0.2, -0.15) is 5.10 Å². The van der Waals surface area contributed by atoms with Crippen molar-refractivity contribution in [2.24, 2.45) is 0 Å². The number of anilines is 1. The number of benzene rings is 2. The third kappa shape index (κ3) is 2.31. The number of aromatic nitrogens is 2. The number of rotatable bonds is 3. The molecule has 1 heterocycles. The normalized spacial score (nSPS) is 14.1. The van der Waals surface area contributed by atoms with Gasteiger partial charge < -0.3 is 11.1 Å². The van der Waals surface area contributed by atoms with Crippen molar-refractivity contribution in [1.29, 1.82) is 0 Å². The van der Waals surface area contributed by atoms with Crippen molar-refractivity contribution in [3.05, 3.63) is 53.5 Å². The molecule has 3 N–H and O–H groups in total. The van der Waals surface area contributed by atoms with Crippen LogP contribution in [0.15, 0.2) is 36.4 Å². The van der Waals surface area contributed by atoms with Crippen molar-refractivity contribution in [3.63, 3.8) is 0 Å². The van der Waals surface area contributed by atoms with Gasteiger partial charge in [0.25, 0.3) is 5.91 Å². The van der Waals surface area contributed by atoms with E-state index < -0.39 is 0 Å². The lowest BCUT2D eigenvalue weighted by atomic mass is 10.0. The zero-order valence-corrected chi connectivity index (χ0v) is 13.2. The van der Waals surface area contributed by atoms with Crippen molar-refractivity contribution >= 4 is 22.5 Å². The van der Waals surface area contributed by atoms with Gasteiger partial charge in [0, 0.05) is 18.1 Å². The Kier molecular flexibility index (Phi) is 3.26. The van der Waals surface area contributed by atoms with E-state index in [1.807, 2.05) is 12.1 Å². The summed E-state index contributed by atoms with van der Waals surface area (Å²) < 4.78 is 14.7. The molecule has 0 spiro atoms. The Morgan fingerprint density at radius 2 is 2.00 bits per heavy atom. The summed E-state index contributed by atoms with van der Waals surface area (Å²) in [5.41, 5.74) is 9.64. The number of hydrogen-bond acceptors (Lipinski definition) is 3. The maximum Gasteiger partial charge on any atom is 0.270 e. The first-order valence-electron chi connectivity index (χ1n) is 7.88. The number of carbonyl (C=O) groups excluding carboxylic acids is 1. The van der Waals surface area contributed by atoms with Gasteiger partial charge in [-0.05, 0) is 60.7 Å². The monoisotopic (exact) mass is 324 g/mol. The van der Waals surface area contributed by atoms with Gasteiger partial charge in [-0.15, -0.1) is 0 Å². The summed E-state index contributed by atoms with van der Waals surface area (Å²) in [5, 5.41) is 7.93. The highest BCUT2D eigenvalue weighted by atomic mass is 19.1. The SMILES string of the molecule is CNC(=O)c1c2cc(C3CC3)c(N)cc2nn1-c1ccc(F)cc1. The number of carbonyl (C=O) groups is 1. The Bertz CT molecular complexity index is 942. The molecule has 122 valence electrons. The van der Waals surface area contributed by atoms with Crippen LogP contribution in [-0.4, -0.2) is 22.7 Å². The lowest BCUT2D eigenvalue weighted by Gasteiger charge is -2.07. The summed E-state index contributed by atoms with van der Waals surface area (Å²) in [7, 11) is 1.58. The van der Waals surface area contributed by atoms with Crippen LogP contribution in [-0.2, 0) is 0 Å². The van der Waals surface area contributed by atoms with Crippen LogP contribution in [0.3, 0.4) is 0 Å². The van der Waals surface area contributed by atoms with Gasteiger partial charge in [0.1, 0.15) is 11.5 Å². The molecular formula is C18H17FN4O. The summed E-state index contributed by atoms with van der Waals surface area (Å²) in [6.07, 6.45) is 2.24. The molecule has 3 aromatic rings. The standard InChI is InChI=1S/C18H17FN4O/c1-21-18(24)17-14-8-13(10-2-3-10)15(20)9-16(14)22-23(17)12-6-4-11(19)5-7-12/h4-10H,2-3,20H2,1H3,(H,21,24). The average Bonchev–Trinajstić information content (AvgIpc) is 3.35. The number of fused-ring (bicyclic) bond motifs is 1. The Labute approximate surface area is 138 Å². The molecule has 0 saturated heterocycles. The molecule has 1 aromatic heterocycles. The quantitative estimate of drug-likeness (QED) is 0.728. The maximum atomic E-state index is 13.2. The van der Waals surface area contributed by atoms with Gasteiger partial charge in [0.15, 0.2) is 0 Å². The molecular weight excluding hydrogens is 307 g/mol. The largest absolute Gasteiger partial charge is 0.398 e. The molecule has 1 aliphatic carbocycles. The predicted molar refractivity (Wildman–Crippen MR) is 90.8 cm³/mol. The van der Waals surface area contributed by atoms with Crippen LogP contribution in [0.2, 0.25) is 0 Å². The minimum Gasteiger partial charge on any atom is -0.398 e. The van der Waals surface area contributed by atoms with Gasteiger partial charge in [0.05, 0.1) is 11.2 Å². The van der Waals surface area contributed by atoms with Gasteiger partial charge in [-0.25, -0.2) is 9.07 Å². The van der Waals surface area contributed by atoms with Crippen LogP contribution in [0.25, 0.3) is 16.6 Å². The Balaban J connectivity index is 1.98. The minimum absolute atomic E-state index is 0.242. The molecule has 6 heteroatoms. The van der Waals surface area contributed by atoms with Crippen LogP contribution in [0.4, 0.5) is 10.1 Å². The van der Waals surface area contributed by atoms with Crippen molar-refractivity contribution in [2.75, 3.05) is 12.8 Å². The van der Waals surface area contributed by atoms with Crippen LogP contribution >= 0.6 is 0 Å². The molecule has 0 bridgehead atoms. The van der Waals surface area contributed by atoms with Gasteiger partial charge in [-0.3, -0.25) is 4.79 Å². The number of nitrogen functional groups attached to an aromatic ring is 1. The summed E-state index contributed by atoms with van der Waals surface area (Å²) in [5.74, 6) is -0.105. The molecule has 0 atom stereocenters. The molecule has 1 amide bonds.